The summed E-state index contributed by atoms with van der Waals surface area (Å²) in [7, 11) is -0.288. The maximum absolute atomic E-state index is 13.3. The smallest absolute Gasteiger partial charge is 0.312 e. The van der Waals surface area contributed by atoms with Crippen LogP contribution in [0, 0.1) is 39.9 Å². The third-order valence-corrected chi connectivity index (χ3v) is 10.9. The summed E-state index contributed by atoms with van der Waals surface area (Å²) in [5.41, 5.74) is -0.217. The Labute approximate surface area is 173 Å². The molecule has 0 aromatic rings. The normalized spacial score (nSPS) is 56.0. The molecule has 7 aliphatic rings. The van der Waals surface area contributed by atoms with Gasteiger partial charge in [-0.15, -0.1) is 0 Å². The molecular weight excluding hydrogens is 384 g/mol. The number of carbonyl (C=O) groups is 2. The van der Waals surface area contributed by atoms with Crippen LogP contribution in [-0.2, 0) is 23.5 Å². The van der Waals surface area contributed by atoms with Crippen LogP contribution in [0.1, 0.15) is 39.0 Å². The van der Waals surface area contributed by atoms with Crippen molar-refractivity contribution < 1.29 is 23.5 Å². The van der Waals surface area contributed by atoms with Crippen LogP contribution >= 0.6 is 0 Å². The molecule has 7 rings (SSSR count). The van der Waals surface area contributed by atoms with Crippen molar-refractivity contribution in [3.63, 3.8) is 0 Å². The van der Waals surface area contributed by atoms with Gasteiger partial charge in [0.05, 0.1) is 18.4 Å². The minimum atomic E-state index is -1.78. The van der Waals surface area contributed by atoms with E-state index >= 15 is 0 Å². The van der Waals surface area contributed by atoms with Crippen LogP contribution in [0.25, 0.3) is 0 Å². The number of ether oxygens (including phenoxy) is 2. The predicted octanol–water partition coefficient (Wildman–Crippen LogP) is 3.69. The molecule has 158 valence electrons. The van der Waals surface area contributed by atoms with Gasteiger partial charge in [-0.05, 0) is 64.1 Å². The SMILES string of the molecule is C=C1C2CCC34C1[C@@]3(C2)[C@@H](C(=O)OC)[C@@H]1C2(C)C[C@@H](O[Si](C)(C)C)C[C@]14OC2=O. The zero-order valence-corrected chi connectivity index (χ0v) is 19.2. The Balaban J connectivity index is 1.55. The van der Waals surface area contributed by atoms with E-state index in [0.29, 0.717) is 18.3 Å². The summed E-state index contributed by atoms with van der Waals surface area (Å²) in [6.45, 7) is 13.1. The summed E-state index contributed by atoms with van der Waals surface area (Å²) in [4.78, 5) is 26.6. The van der Waals surface area contributed by atoms with Crippen molar-refractivity contribution in [2.45, 2.75) is 70.4 Å². The highest BCUT2D eigenvalue weighted by Crippen LogP contribution is 2.98. The molecule has 5 nitrogen and oxygen atoms in total. The van der Waals surface area contributed by atoms with Gasteiger partial charge in [-0.1, -0.05) is 12.2 Å². The van der Waals surface area contributed by atoms with Crippen molar-refractivity contribution >= 4 is 20.3 Å². The molecule has 6 heteroatoms. The first-order chi connectivity index (χ1) is 13.5. The summed E-state index contributed by atoms with van der Waals surface area (Å²) in [6, 6.07) is 0. The molecule has 7 fully saturated rings. The van der Waals surface area contributed by atoms with Gasteiger partial charge in [0, 0.05) is 29.3 Å². The van der Waals surface area contributed by atoms with Crippen LogP contribution < -0.4 is 0 Å². The monoisotopic (exact) mass is 416 g/mol. The molecule has 1 heterocycles. The van der Waals surface area contributed by atoms with Crippen molar-refractivity contribution in [3.05, 3.63) is 12.2 Å². The largest absolute Gasteiger partial charge is 0.469 e. The number of esters is 2. The minimum Gasteiger partial charge on any atom is -0.469 e. The summed E-state index contributed by atoms with van der Waals surface area (Å²) >= 11 is 0. The van der Waals surface area contributed by atoms with Crippen molar-refractivity contribution in [1.29, 1.82) is 0 Å². The number of allylic oxidation sites excluding steroid dienone is 1. The highest BCUT2D eigenvalue weighted by molar-refractivity contribution is 6.69. The minimum absolute atomic E-state index is 0.0181. The van der Waals surface area contributed by atoms with Crippen molar-refractivity contribution in [1.82, 2.24) is 0 Å². The molecule has 6 saturated carbocycles. The molecule has 1 saturated heterocycles. The van der Waals surface area contributed by atoms with E-state index in [0.717, 1.165) is 25.7 Å². The average Bonchev–Trinajstić information content (AvgIpc) is 3.02. The zero-order valence-electron chi connectivity index (χ0n) is 18.2. The molecule has 4 unspecified atom stereocenters. The number of carbonyl (C=O) groups excluding carboxylic acids is 2. The topological polar surface area (TPSA) is 61.8 Å². The van der Waals surface area contributed by atoms with Crippen LogP contribution in [0.4, 0.5) is 0 Å². The molecule has 9 atom stereocenters. The Hall–Kier alpha value is -1.14. The van der Waals surface area contributed by atoms with Gasteiger partial charge in [0.15, 0.2) is 8.32 Å². The molecule has 6 bridgehead atoms. The first-order valence-corrected chi connectivity index (χ1v) is 14.6. The lowest BCUT2D eigenvalue weighted by Gasteiger charge is -2.50. The van der Waals surface area contributed by atoms with Gasteiger partial charge in [-0.25, -0.2) is 0 Å². The maximum Gasteiger partial charge on any atom is 0.312 e. The van der Waals surface area contributed by atoms with E-state index < -0.39 is 19.3 Å². The summed E-state index contributed by atoms with van der Waals surface area (Å²) < 4.78 is 18.4. The van der Waals surface area contributed by atoms with Gasteiger partial charge in [0.1, 0.15) is 5.60 Å². The van der Waals surface area contributed by atoms with Crippen molar-refractivity contribution in [2.75, 3.05) is 7.11 Å². The highest BCUT2D eigenvalue weighted by Gasteiger charge is 3.01. The Morgan fingerprint density at radius 3 is 2.62 bits per heavy atom. The number of rotatable bonds is 3. The van der Waals surface area contributed by atoms with Gasteiger partial charge in [0.25, 0.3) is 0 Å². The average molecular weight is 417 g/mol. The molecule has 2 spiro atoms. The van der Waals surface area contributed by atoms with Crippen LogP contribution in [0.3, 0.4) is 0 Å². The predicted molar refractivity (Wildman–Crippen MR) is 108 cm³/mol. The second-order valence-corrected chi connectivity index (χ2v) is 16.4. The fraction of sp³-hybridized carbons (Fsp3) is 0.826. The van der Waals surface area contributed by atoms with Crippen LogP contribution in [0.15, 0.2) is 12.2 Å². The van der Waals surface area contributed by atoms with Crippen LogP contribution in [0.5, 0.6) is 0 Å². The Morgan fingerprint density at radius 1 is 1.24 bits per heavy atom. The lowest BCUT2D eigenvalue weighted by atomic mass is 9.55. The van der Waals surface area contributed by atoms with E-state index in [1.54, 1.807) is 0 Å². The number of hydrogen-bond donors (Lipinski definition) is 0. The van der Waals surface area contributed by atoms with E-state index in [1.807, 2.05) is 6.92 Å². The molecular formula is C23H32O5Si. The van der Waals surface area contributed by atoms with E-state index in [4.69, 9.17) is 13.9 Å². The Bertz CT molecular complexity index is 877. The Morgan fingerprint density at radius 2 is 1.97 bits per heavy atom. The van der Waals surface area contributed by atoms with E-state index in [-0.39, 0.29) is 40.7 Å². The fourth-order valence-corrected chi connectivity index (χ4v) is 10.8. The van der Waals surface area contributed by atoms with E-state index in [2.05, 4.69) is 26.2 Å². The third-order valence-electron chi connectivity index (χ3n) is 9.85. The number of fused-ring (bicyclic) bond motifs is 1. The first-order valence-electron chi connectivity index (χ1n) is 11.2. The van der Waals surface area contributed by atoms with Gasteiger partial charge in [-0.3, -0.25) is 9.59 Å². The van der Waals surface area contributed by atoms with Crippen LogP contribution in [0.2, 0.25) is 19.6 Å². The summed E-state index contributed by atoms with van der Waals surface area (Å²) in [5.74, 6) is 0.186. The molecule has 1 aliphatic heterocycles. The van der Waals surface area contributed by atoms with E-state index in [1.165, 1.54) is 12.7 Å². The van der Waals surface area contributed by atoms with Gasteiger partial charge in [-0.2, -0.15) is 0 Å². The highest BCUT2D eigenvalue weighted by atomic mass is 28.4. The molecule has 0 amide bonds. The zero-order chi connectivity index (χ0) is 20.8. The van der Waals surface area contributed by atoms with Gasteiger partial charge in [0.2, 0.25) is 0 Å². The maximum atomic E-state index is 13.3. The molecule has 6 aliphatic carbocycles. The standard InChI is InChI=1S/C23H32O5Si/c1-12-13-7-8-22-16(12)21(22,9-13)15(18(24)26-3)17-20(2)10-14(28-29(4,5)6)11-23(17,22)27-19(20)25/h13-17H,1,7-11H2,2-6H3/t13?,14-,15-,16?,17-,20?,21-,22?,23+/m1/s1. The molecule has 0 aromatic heterocycles. The summed E-state index contributed by atoms with van der Waals surface area (Å²) in [5, 5.41) is 0. The van der Waals surface area contributed by atoms with E-state index in [9.17, 15) is 9.59 Å². The van der Waals surface area contributed by atoms with Crippen molar-refractivity contribution in [2.24, 2.45) is 39.9 Å². The number of methoxy groups -OCH3 is 1. The molecule has 0 radical (unpaired) electrons. The van der Waals surface area contributed by atoms with Crippen LogP contribution in [-0.4, -0.2) is 39.1 Å². The lowest BCUT2D eigenvalue weighted by molar-refractivity contribution is -0.163. The van der Waals surface area contributed by atoms with Gasteiger partial charge >= 0.3 is 11.9 Å². The number of hydrogen-bond acceptors (Lipinski definition) is 5. The molecule has 0 aromatic carbocycles. The fourth-order valence-electron chi connectivity index (χ4n) is 9.64. The second kappa shape index (κ2) is 4.85. The summed E-state index contributed by atoms with van der Waals surface area (Å²) in [6.07, 6.45) is 4.55. The molecule has 0 N–H and O–H groups in total. The molecule has 29 heavy (non-hydrogen) atoms. The quantitative estimate of drug-likeness (QED) is 0.399. The Kier molecular flexibility index (Phi) is 3.11. The lowest BCUT2D eigenvalue weighted by Crippen LogP contribution is -2.57. The third kappa shape index (κ3) is 1.66. The van der Waals surface area contributed by atoms with Crippen molar-refractivity contribution in [3.8, 4) is 0 Å². The first kappa shape index (κ1) is 18.6. The second-order valence-electron chi connectivity index (χ2n) is 11.9. The van der Waals surface area contributed by atoms with Gasteiger partial charge < -0.3 is 13.9 Å².